The van der Waals surface area contributed by atoms with E-state index in [-0.39, 0.29) is 17.9 Å². The molecule has 0 amide bonds. The number of nitrogens with zero attached hydrogens (tertiary/aromatic N) is 2. The van der Waals surface area contributed by atoms with Gasteiger partial charge in [-0.05, 0) is 48.6 Å². The number of benzene rings is 2. The van der Waals surface area contributed by atoms with Crippen molar-refractivity contribution in [1.82, 2.24) is 9.55 Å². The molecule has 5 heteroatoms. The average molecular weight is 322 g/mol. The van der Waals surface area contributed by atoms with Gasteiger partial charge in [0.1, 0.15) is 5.82 Å². The highest BCUT2D eigenvalue weighted by atomic mass is 19.1. The third-order valence-corrected chi connectivity index (χ3v) is 4.52. The van der Waals surface area contributed by atoms with Crippen molar-refractivity contribution >= 4 is 16.7 Å². The summed E-state index contributed by atoms with van der Waals surface area (Å²) in [5.74, 6) is -0.573. The lowest BCUT2D eigenvalue weighted by atomic mass is 10.0. The van der Waals surface area contributed by atoms with Crippen LogP contribution in [-0.4, -0.2) is 15.3 Å². The summed E-state index contributed by atoms with van der Waals surface area (Å²) in [5.41, 5.74) is 3.09. The number of hydrogen-bond donors (Lipinski definition) is 0. The van der Waals surface area contributed by atoms with E-state index in [0.717, 1.165) is 19.3 Å². The quantitative estimate of drug-likeness (QED) is 0.697. The molecule has 0 spiro atoms. The van der Waals surface area contributed by atoms with Crippen LogP contribution in [0.1, 0.15) is 27.9 Å². The molecular formula is C19H15FN2O2. The Labute approximate surface area is 137 Å². The van der Waals surface area contributed by atoms with Gasteiger partial charge in [0.05, 0.1) is 23.8 Å². The minimum Gasteiger partial charge on any atom is -0.292 e. The molecule has 0 saturated carbocycles. The standard InChI is InChI=1S/C19H15FN2O2/c20-15-6-7-16-17(9-15)21-11-22(19(16)24)10-18(23)14-5-4-12-2-1-3-13(12)8-14/h4-9,11H,1-3,10H2. The molecule has 3 aromatic rings. The summed E-state index contributed by atoms with van der Waals surface area (Å²) in [4.78, 5) is 29.0. The van der Waals surface area contributed by atoms with Crippen LogP contribution in [0.2, 0.25) is 0 Å². The lowest BCUT2D eigenvalue weighted by Gasteiger charge is -2.07. The second-order valence-electron chi connectivity index (χ2n) is 6.10. The number of fused-ring (bicyclic) bond motifs is 2. The second kappa shape index (κ2) is 5.67. The predicted molar refractivity (Wildman–Crippen MR) is 88.8 cm³/mol. The fraction of sp³-hybridized carbons (Fsp3) is 0.211. The van der Waals surface area contributed by atoms with Crippen LogP contribution in [0.5, 0.6) is 0 Å². The van der Waals surface area contributed by atoms with Crippen LogP contribution in [0.25, 0.3) is 10.9 Å². The van der Waals surface area contributed by atoms with Gasteiger partial charge >= 0.3 is 0 Å². The van der Waals surface area contributed by atoms with Crippen LogP contribution in [0, 0.1) is 5.82 Å². The van der Waals surface area contributed by atoms with Crippen LogP contribution in [0.15, 0.2) is 47.5 Å². The molecule has 0 atom stereocenters. The normalized spacial score (nSPS) is 13.2. The molecular weight excluding hydrogens is 307 g/mol. The highest BCUT2D eigenvalue weighted by molar-refractivity contribution is 5.96. The molecule has 0 saturated heterocycles. The highest BCUT2D eigenvalue weighted by Crippen LogP contribution is 2.23. The third kappa shape index (κ3) is 2.52. The number of halogens is 1. The molecule has 0 bridgehead atoms. The Hall–Kier alpha value is -2.82. The molecule has 2 aromatic carbocycles. The predicted octanol–water partition coefficient (Wildman–Crippen LogP) is 2.91. The number of aryl methyl sites for hydroxylation is 2. The van der Waals surface area contributed by atoms with E-state index in [1.54, 1.807) is 0 Å². The molecule has 0 radical (unpaired) electrons. The first kappa shape index (κ1) is 14.8. The maximum atomic E-state index is 13.2. The van der Waals surface area contributed by atoms with E-state index in [2.05, 4.69) is 4.98 Å². The molecule has 1 heterocycles. The first-order chi connectivity index (χ1) is 11.6. The Morgan fingerprint density at radius 2 is 1.96 bits per heavy atom. The zero-order valence-electron chi connectivity index (χ0n) is 13.0. The van der Waals surface area contributed by atoms with E-state index >= 15 is 0 Å². The van der Waals surface area contributed by atoms with Crippen molar-refractivity contribution in [3.05, 3.63) is 75.6 Å². The van der Waals surface area contributed by atoms with E-state index in [1.807, 2.05) is 18.2 Å². The zero-order valence-corrected chi connectivity index (χ0v) is 13.0. The fourth-order valence-corrected chi connectivity index (χ4v) is 3.24. The first-order valence-electron chi connectivity index (χ1n) is 7.91. The van der Waals surface area contributed by atoms with Crippen molar-refractivity contribution < 1.29 is 9.18 Å². The molecule has 24 heavy (non-hydrogen) atoms. The number of rotatable bonds is 3. The molecule has 1 aliphatic rings. The lowest BCUT2D eigenvalue weighted by Crippen LogP contribution is -2.24. The summed E-state index contributed by atoms with van der Waals surface area (Å²) in [6.45, 7) is -0.0715. The van der Waals surface area contributed by atoms with Gasteiger partial charge in [-0.3, -0.25) is 14.2 Å². The molecule has 0 aliphatic heterocycles. The van der Waals surface area contributed by atoms with Crippen LogP contribution >= 0.6 is 0 Å². The summed E-state index contributed by atoms with van der Waals surface area (Å²) in [7, 11) is 0. The Balaban J connectivity index is 1.66. The maximum Gasteiger partial charge on any atom is 0.261 e. The largest absolute Gasteiger partial charge is 0.292 e. The van der Waals surface area contributed by atoms with Gasteiger partial charge in [0, 0.05) is 11.6 Å². The Kier molecular flexibility index (Phi) is 3.49. The van der Waals surface area contributed by atoms with Crippen LogP contribution < -0.4 is 5.56 Å². The Bertz CT molecular complexity index is 1020. The third-order valence-electron chi connectivity index (χ3n) is 4.52. The van der Waals surface area contributed by atoms with Gasteiger partial charge in [-0.1, -0.05) is 12.1 Å². The molecule has 120 valence electrons. The van der Waals surface area contributed by atoms with Gasteiger partial charge in [0.2, 0.25) is 0 Å². The van der Waals surface area contributed by atoms with Crippen molar-refractivity contribution in [3.63, 3.8) is 0 Å². The topological polar surface area (TPSA) is 52.0 Å². The second-order valence-corrected chi connectivity index (χ2v) is 6.10. The maximum absolute atomic E-state index is 13.2. The number of ketones is 1. The lowest BCUT2D eigenvalue weighted by molar-refractivity contribution is 0.0970. The van der Waals surface area contributed by atoms with Gasteiger partial charge in [-0.2, -0.15) is 0 Å². The van der Waals surface area contributed by atoms with Crippen molar-refractivity contribution in [2.45, 2.75) is 25.8 Å². The molecule has 1 aliphatic carbocycles. The number of hydrogen-bond acceptors (Lipinski definition) is 3. The first-order valence-corrected chi connectivity index (χ1v) is 7.91. The highest BCUT2D eigenvalue weighted by Gasteiger charge is 2.15. The summed E-state index contributed by atoms with van der Waals surface area (Å²) in [5, 5.41) is 0.306. The van der Waals surface area contributed by atoms with Gasteiger partial charge in [-0.25, -0.2) is 9.37 Å². The van der Waals surface area contributed by atoms with Crippen molar-refractivity contribution in [1.29, 1.82) is 0 Å². The van der Waals surface area contributed by atoms with Crippen LogP contribution in [0.3, 0.4) is 0 Å². The van der Waals surface area contributed by atoms with Gasteiger partial charge in [-0.15, -0.1) is 0 Å². The summed E-state index contributed by atoms with van der Waals surface area (Å²) in [6.07, 6.45) is 4.49. The zero-order chi connectivity index (χ0) is 16.7. The Morgan fingerprint density at radius 1 is 1.12 bits per heavy atom. The molecule has 4 nitrogen and oxygen atoms in total. The molecule has 1 aromatic heterocycles. The van der Waals surface area contributed by atoms with E-state index in [1.165, 1.54) is 40.2 Å². The van der Waals surface area contributed by atoms with Crippen molar-refractivity contribution in [3.8, 4) is 0 Å². The summed E-state index contributed by atoms with van der Waals surface area (Å²) in [6, 6.07) is 9.58. The van der Waals surface area contributed by atoms with Gasteiger partial charge in [0.15, 0.2) is 5.78 Å². The van der Waals surface area contributed by atoms with Crippen molar-refractivity contribution in [2.24, 2.45) is 0 Å². The van der Waals surface area contributed by atoms with E-state index in [9.17, 15) is 14.0 Å². The van der Waals surface area contributed by atoms with Gasteiger partial charge in [0.25, 0.3) is 5.56 Å². The number of Topliss-reactive ketones (excluding diaryl/α,β-unsaturated/α-hetero) is 1. The number of carbonyl (C=O) groups excluding carboxylic acids is 1. The van der Waals surface area contributed by atoms with Crippen molar-refractivity contribution in [2.75, 3.05) is 0 Å². The molecule has 0 fully saturated rings. The number of aromatic nitrogens is 2. The fourth-order valence-electron chi connectivity index (χ4n) is 3.24. The van der Waals surface area contributed by atoms with E-state index in [4.69, 9.17) is 0 Å². The van der Waals surface area contributed by atoms with Crippen LogP contribution in [0.4, 0.5) is 4.39 Å². The molecule has 4 rings (SSSR count). The smallest absolute Gasteiger partial charge is 0.261 e. The number of carbonyl (C=O) groups is 1. The molecule has 0 N–H and O–H groups in total. The Morgan fingerprint density at radius 3 is 2.83 bits per heavy atom. The minimum atomic E-state index is -0.443. The summed E-state index contributed by atoms with van der Waals surface area (Å²) < 4.78 is 14.5. The van der Waals surface area contributed by atoms with E-state index < -0.39 is 5.82 Å². The SMILES string of the molecule is O=C(Cn1cnc2cc(F)ccc2c1=O)c1ccc2c(c1)CCC2. The average Bonchev–Trinajstić information content (AvgIpc) is 3.05. The van der Waals surface area contributed by atoms with Gasteiger partial charge < -0.3 is 0 Å². The summed E-state index contributed by atoms with van der Waals surface area (Å²) >= 11 is 0. The van der Waals surface area contributed by atoms with E-state index in [0.29, 0.717) is 16.5 Å². The molecule has 0 unspecified atom stereocenters. The minimum absolute atomic E-state index is 0.0715. The monoisotopic (exact) mass is 322 g/mol. The van der Waals surface area contributed by atoms with Crippen LogP contribution in [-0.2, 0) is 19.4 Å².